The van der Waals surface area contributed by atoms with Crippen molar-refractivity contribution >= 4 is 0 Å². The van der Waals surface area contributed by atoms with E-state index in [1.165, 1.54) is 0 Å². The monoisotopic (exact) mass is 238 g/mol. The minimum absolute atomic E-state index is 0.238. The normalized spacial score (nSPS) is 19.4. The minimum atomic E-state index is 0.238. The lowest BCUT2D eigenvalue weighted by atomic mass is 9.80. The van der Waals surface area contributed by atoms with E-state index in [0.29, 0.717) is 0 Å². The predicted molar refractivity (Wildman–Crippen MR) is 66.8 cm³/mol. The first-order valence-corrected chi connectivity index (χ1v) is 6.36. The van der Waals surface area contributed by atoms with Gasteiger partial charge >= 0.3 is 0 Å². The second-order valence-electron chi connectivity index (χ2n) is 4.82. The Labute approximate surface area is 103 Å². The third-order valence-electron chi connectivity index (χ3n) is 3.61. The Balaban J connectivity index is 1.69. The van der Waals surface area contributed by atoms with Crippen LogP contribution < -0.4 is 11.1 Å². The molecule has 1 aliphatic rings. The number of rotatable bonds is 6. The van der Waals surface area contributed by atoms with Gasteiger partial charge in [-0.3, -0.25) is 0 Å². The summed E-state index contributed by atoms with van der Waals surface area (Å²) in [7, 11) is 0. The summed E-state index contributed by atoms with van der Waals surface area (Å²) in [5.41, 5.74) is 6.14. The summed E-state index contributed by atoms with van der Waals surface area (Å²) in [5, 5.41) is 3.49. The molecule has 17 heavy (non-hydrogen) atoms. The topological polar surface area (TPSA) is 60.4 Å². The van der Waals surface area contributed by atoms with Crippen molar-refractivity contribution in [3.05, 3.63) is 24.2 Å². The third-order valence-corrected chi connectivity index (χ3v) is 3.61. The molecule has 0 radical (unpaired) electrons. The molecule has 2 heterocycles. The van der Waals surface area contributed by atoms with Crippen LogP contribution in [0.4, 0.5) is 0 Å². The first kappa shape index (κ1) is 12.6. The summed E-state index contributed by atoms with van der Waals surface area (Å²) >= 11 is 0. The van der Waals surface area contributed by atoms with E-state index in [0.717, 1.165) is 57.9 Å². The van der Waals surface area contributed by atoms with Gasteiger partial charge in [0.25, 0.3) is 0 Å². The van der Waals surface area contributed by atoms with Crippen molar-refractivity contribution < 1.29 is 9.15 Å². The van der Waals surface area contributed by atoms with E-state index in [1.807, 2.05) is 12.1 Å². The van der Waals surface area contributed by atoms with Crippen LogP contribution in [-0.2, 0) is 11.2 Å². The molecule has 0 aromatic carbocycles. The summed E-state index contributed by atoms with van der Waals surface area (Å²) < 4.78 is 10.7. The number of hydrogen-bond donors (Lipinski definition) is 2. The molecule has 0 saturated carbocycles. The summed E-state index contributed by atoms with van der Waals surface area (Å²) in [6.07, 6.45) is 4.79. The van der Waals surface area contributed by atoms with Crippen molar-refractivity contribution in [3.8, 4) is 0 Å². The molecule has 0 spiro atoms. The van der Waals surface area contributed by atoms with Crippen molar-refractivity contribution in [2.24, 2.45) is 11.1 Å². The molecule has 0 amide bonds. The summed E-state index contributed by atoms with van der Waals surface area (Å²) in [5.74, 6) is 1.03. The number of hydrogen-bond acceptors (Lipinski definition) is 4. The molecule has 0 unspecified atom stereocenters. The Kier molecular flexibility index (Phi) is 4.59. The molecule has 4 nitrogen and oxygen atoms in total. The molecule has 4 heteroatoms. The highest BCUT2D eigenvalue weighted by atomic mass is 16.5. The van der Waals surface area contributed by atoms with Crippen LogP contribution in [-0.4, -0.2) is 32.8 Å². The highest BCUT2D eigenvalue weighted by molar-refractivity contribution is 4.98. The quantitative estimate of drug-likeness (QED) is 0.730. The summed E-state index contributed by atoms with van der Waals surface area (Å²) in [6.45, 7) is 4.35. The van der Waals surface area contributed by atoms with Gasteiger partial charge < -0.3 is 20.2 Å². The first-order valence-electron chi connectivity index (χ1n) is 6.36. The fraction of sp³-hybridized carbons (Fsp3) is 0.692. The zero-order chi connectivity index (χ0) is 12.0. The second-order valence-corrected chi connectivity index (χ2v) is 4.82. The zero-order valence-electron chi connectivity index (χ0n) is 10.3. The van der Waals surface area contributed by atoms with E-state index in [2.05, 4.69) is 5.32 Å². The molecule has 1 saturated heterocycles. The minimum Gasteiger partial charge on any atom is -0.469 e. The maximum atomic E-state index is 5.90. The van der Waals surface area contributed by atoms with Crippen molar-refractivity contribution in [1.82, 2.24) is 5.32 Å². The van der Waals surface area contributed by atoms with Gasteiger partial charge in [0.2, 0.25) is 0 Å². The van der Waals surface area contributed by atoms with E-state index in [9.17, 15) is 0 Å². The van der Waals surface area contributed by atoms with Gasteiger partial charge in [-0.25, -0.2) is 0 Å². The molecule has 2 rings (SSSR count). The zero-order valence-corrected chi connectivity index (χ0v) is 10.3. The number of nitrogens with one attached hydrogen (secondary N) is 1. The SMILES string of the molecule is NCC1(CNCCc2ccco2)CCOCC1. The van der Waals surface area contributed by atoms with Crippen molar-refractivity contribution in [3.63, 3.8) is 0 Å². The standard InChI is InChI=1S/C13H22N2O2/c14-10-13(4-8-16-9-5-13)11-15-6-3-12-2-1-7-17-12/h1-2,7,15H,3-6,8-11,14H2. The Morgan fingerprint density at radius 2 is 2.18 bits per heavy atom. The lowest BCUT2D eigenvalue weighted by Crippen LogP contribution is -2.44. The van der Waals surface area contributed by atoms with Crippen molar-refractivity contribution in [1.29, 1.82) is 0 Å². The van der Waals surface area contributed by atoms with Gasteiger partial charge in [-0.15, -0.1) is 0 Å². The molecule has 0 bridgehead atoms. The van der Waals surface area contributed by atoms with Crippen molar-refractivity contribution in [2.45, 2.75) is 19.3 Å². The van der Waals surface area contributed by atoms with Crippen LogP contribution in [0.2, 0.25) is 0 Å². The van der Waals surface area contributed by atoms with Crippen molar-refractivity contribution in [2.75, 3.05) is 32.8 Å². The van der Waals surface area contributed by atoms with Gasteiger partial charge in [0.05, 0.1) is 6.26 Å². The van der Waals surface area contributed by atoms with E-state index in [1.54, 1.807) is 6.26 Å². The molecule has 3 N–H and O–H groups in total. The smallest absolute Gasteiger partial charge is 0.105 e. The van der Waals surface area contributed by atoms with Gasteiger partial charge in [-0.1, -0.05) is 0 Å². The van der Waals surface area contributed by atoms with E-state index in [-0.39, 0.29) is 5.41 Å². The average Bonchev–Trinajstić information content (AvgIpc) is 2.89. The molecule has 0 aliphatic carbocycles. The van der Waals surface area contributed by atoms with E-state index < -0.39 is 0 Å². The van der Waals surface area contributed by atoms with Gasteiger partial charge in [0.15, 0.2) is 0 Å². The molecule has 1 aliphatic heterocycles. The Bertz CT molecular complexity index is 305. The lowest BCUT2D eigenvalue weighted by molar-refractivity contribution is 0.0193. The van der Waals surface area contributed by atoms with E-state index in [4.69, 9.17) is 14.9 Å². The van der Waals surface area contributed by atoms with Gasteiger partial charge in [-0.05, 0) is 36.9 Å². The molecule has 0 atom stereocenters. The highest BCUT2D eigenvalue weighted by Crippen LogP contribution is 2.28. The lowest BCUT2D eigenvalue weighted by Gasteiger charge is -2.36. The number of nitrogens with two attached hydrogens (primary N) is 1. The second kappa shape index (κ2) is 6.19. The van der Waals surface area contributed by atoms with Crippen LogP contribution in [0, 0.1) is 5.41 Å². The molecular weight excluding hydrogens is 216 g/mol. The predicted octanol–water partition coefficient (Wildman–Crippen LogP) is 1.17. The first-order chi connectivity index (χ1) is 8.35. The largest absolute Gasteiger partial charge is 0.469 e. The van der Waals surface area contributed by atoms with Gasteiger partial charge in [0, 0.05) is 32.7 Å². The molecule has 96 valence electrons. The molecule has 1 aromatic rings. The third kappa shape index (κ3) is 3.56. The highest BCUT2D eigenvalue weighted by Gasteiger charge is 2.30. The summed E-state index contributed by atoms with van der Waals surface area (Å²) in [4.78, 5) is 0. The Hall–Kier alpha value is -0.840. The number of furan rings is 1. The van der Waals surface area contributed by atoms with E-state index >= 15 is 0 Å². The van der Waals surface area contributed by atoms with Crippen LogP contribution in [0.3, 0.4) is 0 Å². The van der Waals surface area contributed by atoms with Crippen LogP contribution in [0.25, 0.3) is 0 Å². The van der Waals surface area contributed by atoms with Gasteiger partial charge in [-0.2, -0.15) is 0 Å². The fourth-order valence-corrected chi connectivity index (χ4v) is 2.28. The van der Waals surface area contributed by atoms with Crippen LogP contribution in [0.15, 0.2) is 22.8 Å². The number of ether oxygens (including phenoxy) is 1. The van der Waals surface area contributed by atoms with Gasteiger partial charge in [0.1, 0.15) is 5.76 Å². The van der Waals surface area contributed by atoms with Crippen LogP contribution in [0.1, 0.15) is 18.6 Å². The Morgan fingerprint density at radius 3 is 2.82 bits per heavy atom. The summed E-state index contributed by atoms with van der Waals surface area (Å²) in [6, 6.07) is 3.93. The molecule has 1 fully saturated rings. The van der Waals surface area contributed by atoms with Crippen LogP contribution >= 0.6 is 0 Å². The fourth-order valence-electron chi connectivity index (χ4n) is 2.28. The Morgan fingerprint density at radius 1 is 1.35 bits per heavy atom. The maximum Gasteiger partial charge on any atom is 0.105 e. The molecule has 1 aromatic heterocycles. The maximum absolute atomic E-state index is 5.90. The average molecular weight is 238 g/mol. The molecular formula is C13H22N2O2. The van der Waals surface area contributed by atoms with Crippen LogP contribution in [0.5, 0.6) is 0 Å².